The van der Waals surface area contributed by atoms with Crippen molar-refractivity contribution in [1.29, 1.82) is 0 Å². The van der Waals surface area contributed by atoms with E-state index in [1.54, 1.807) is 0 Å². The van der Waals surface area contributed by atoms with E-state index in [4.69, 9.17) is 0 Å². The number of rotatable bonds is 3. The minimum atomic E-state index is 0.0256. The molecule has 0 amide bonds. The Morgan fingerprint density at radius 1 is 1.40 bits per heavy atom. The zero-order valence-corrected chi connectivity index (χ0v) is 12.7. The van der Waals surface area contributed by atoms with Crippen LogP contribution < -0.4 is 5.56 Å². The van der Waals surface area contributed by atoms with Gasteiger partial charge in [0.15, 0.2) is 0 Å². The Kier molecular flexibility index (Phi) is 3.72. The third-order valence-electron chi connectivity index (χ3n) is 3.71. The number of H-pyrrole nitrogens is 1. The highest BCUT2D eigenvalue weighted by Crippen LogP contribution is 2.21. The van der Waals surface area contributed by atoms with E-state index in [0.29, 0.717) is 12.4 Å². The van der Waals surface area contributed by atoms with E-state index in [-0.39, 0.29) is 5.56 Å². The molecule has 1 aliphatic heterocycles. The van der Waals surface area contributed by atoms with Crippen molar-refractivity contribution in [3.63, 3.8) is 0 Å². The number of aromatic nitrogens is 2. The summed E-state index contributed by atoms with van der Waals surface area (Å²) in [5.41, 5.74) is 1.84. The molecule has 0 spiro atoms. The van der Waals surface area contributed by atoms with E-state index >= 15 is 0 Å². The number of fused-ring (bicyclic) bond motifs is 1. The van der Waals surface area contributed by atoms with Gasteiger partial charge in [-0.1, -0.05) is 6.92 Å². The number of nitrogens with zero attached hydrogens (tertiary/aromatic N) is 2. The summed E-state index contributed by atoms with van der Waals surface area (Å²) >= 11 is 1.87. The van der Waals surface area contributed by atoms with Crippen molar-refractivity contribution in [2.45, 2.75) is 39.8 Å². The molecule has 0 unspecified atom stereocenters. The number of nitrogens with one attached hydrogen (secondary N) is 1. The molecule has 0 fully saturated rings. The van der Waals surface area contributed by atoms with Crippen LogP contribution >= 0.6 is 11.3 Å². The second-order valence-corrected chi connectivity index (χ2v) is 6.51. The highest BCUT2D eigenvalue weighted by molar-refractivity contribution is 7.11. The maximum atomic E-state index is 12.0. The van der Waals surface area contributed by atoms with Crippen LogP contribution in [-0.2, 0) is 25.9 Å². The van der Waals surface area contributed by atoms with Gasteiger partial charge in [0.25, 0.3) is 5.56 Å². The summed E-state index contributed by atoms with van der Waals surface area (Å²) in [4.78, 5) is 24.4. The Hall–Kier alpha value is -1.46. The van der Waals surface area contributed by atoms with Crippen molar-refractivity contribution >= 4 is 11.3 Å². The van der Waals surface area contributed by atoms with Crippen LogP contribution in [0.5, 0.6) is 0 Å². The monoisotopic (exact) mass is 289 g/mol. The minimum Gasteiger partial charge on any atom is -0.310 e. The van der Waals surface area contributed by atoms with Gasteiger partial charge in [-0.2, -0.15) is 0 Å². The fourth-order valence-corrected chi connectivity index (χ4v) is 3.66. The second-order valence-electron chi connectivity index (χ2n) is 5.26. The zero-order valence-electron chi connectivity index (χ0n) is 11.9. The fourth-order valence-electron chi connectivity index (χ4n) is 2.66. The summed E-state index contributed by atoms with van der Waals surface area (Å²) in [6, 6.07) is 4.41. The maximum absolute atomic E-state index is 12.0. The van der Waals surface area contributed by atoms with Crippen molar-refractivity contribution < 1.29 is 0 Å². The normalized spacial score (nSPS) is 15.3. The standard InChI is InChI=1S/C15H19N3OS/c1-3-11-4-5-12(20-11)8-18-7-6-14-13(9-18)15(19)17-10(2)16-14/h4-5H,3,6-9H2,1-2H3,(H,16,17,19). The number of hydrogen-bond donors (Lipinski definition) is 1. The van der Waals surface area contributed by atoms with Crippen LogP contribution in [0.3, 0.4) is 0 Å². The predicted molar refractivity (Wildman–Crippen MR) is 81.1 cm³/mol. The first-order valence-electron chi connectivity index (χ1n) is 7.04. The van der Waals surface area contributed by atoms with Crippen LogP contribution in [0.1, 0.15) is 33.8 Å². The lowest BCUT2D eigenvalue weighted by atomic mass is 10.1. The van der Waals surface area contributed by atoms with Gasteiger partial charge >= 0.3 is 0 Å². The van der Waals surface area contributed by atoms with Crippen LogP contribution in [0.2, 0.25) is 0 Å². The van der Waals surface area contributed by atoms with E-state index in [2.05, 4.69) is 33.9 Å². The molecule has 3 heterocycles. The lowest BCUT2D eigenvalue weighted by molar-refractivity contribution is 0.243. The van der Waals surface area contributed by atoms with Gasteiger partial charge in [-0.05, 0) is 25.5 Å². The summed E-state index contributed by atoms with van der Waals surface area (Å²) in [7, 11) is 0. The van der Waals surface area contributed by atoms with Crippen molar-refractivity contribution in [3.8, 4) is 0 Å². The third-order valence-corrected chi connectivity index (χ3v) is 4.93. The number of hydrogen-bond acceptors (Lipinski definition) is 4. The number of aromatic amines is 1. The van der Waals surface area contributed by atoms with Gasteiger partial charge in [-0.15, -0.1) is 11.3 Å². The molecule has 0 saturated heterocycles. The molecule has 2 aromatic rings. The molecule has 20 heavy (non-hydrogen) atoms. The molecule has 1 N–H and O–H groups in total. The molecule has 0 saturated carbocycles. The van der Waals surface area contributed by atoms with Crippen molar-refractivity contribution in [2.75, 3.05) is 6.54 Å². The molecule has 0 aromatic carbocycles. The molecule has 3 rings (SSSR count). The van der Waals surface area contributed by atoms with Gasteiger partial charge in [-0.3, -0.25) is 9.69 Å². The summed E-state index contributed by atoms with van der Waals surface area (Å²) in [5.74, 6) is 0.716. The molecule has 0 bridgehead atoms. The third kappa shape index (κ3) is 2.69. The molecule has 2 aromatic heterocycles. The Morgan fingerprint density at radius 2 is 2.20 bits per heavy atom. The molecule has 0 radical (unpaired) electrons. The van der Waals surface area contributed by atoms with Crippen LogP contribution in [0.25, 0.3) is 0 Å². The summed E-state index contributed by atoms with van der Waals surface area (Å²) in [6.07, 6.45) is 1.96. The molecule has 1 aliphatic rings. The Labute approximate surface area is 122 Å². The number of thiophene rings is 1. The van der Waals surface area contributed by atoms with Crippen LogP contribution in [0, 0.1) is 6.92 Å². The zero-order chi connectivity index (χ0) is 14.1. The first-order chi connectivity index (χ1) is 9.65. The maximum Gasteiger partial charge on any atom is 0.255 e. The van der Waals surface area contributed by atoms with E-state index < -0.39 is 0 Å². The molecule has 5 heteroatoms. The van der Waals surface area contributed by atoms with Crippen molar-refractivity contribution in [1.82, 2.24) is 14.9 Å². The topological polar surface area (TPSA) is 49.0 Å². The van der Waals surface area contributed by atoms with Gasteiger partial charge in [0.1, 0.15) is 5.82 Å². The lowest BCUT2D eigenvalue weighted by Crippen LogP contribution is -2.35. The van der Waals surface area contributed by atoms with Gasteiger partial charge in [0.2, 0.25) is 0 Å². The van der Waals surface area contributed by atoms with E-state index in [1.165, 1.54) is 9.75 Å². The summed E-state index contributed by atoms with van der Waals surface area (Å²) in [5, 5.41) is 0. The first kappa shape index (κ1) is 13.5. The SMILES string of the molecule is CCc1ccc(CN2CCc3nc(C)[nH]c(=O)c3C2)s1. The van der Waals surface area contributed by atoms with Crippen LogP contribution in [0.15, 0.2) is 16.9 Å². The molecular weight excluding hydrogens is 270 g/mol. The molecule has 4 nitrogen and oxygen atoms in total. The van der Waals surface area contributed by atoms with E-state index in [9.17, 15) is 4.79 Å². The van der Waals surface area contributed by atoms with Crippen LogP contribution in [-0.4, -0.2) is 21.4 Å². The Bertz CT molecular complexity index is 674. The highest BCUT2D eigenvalue weighted by atomic mass is 32.1. The van der Waals surface area contributed by atoms with Crippen molar-refractivity contribution in [3.05, 3.63) is 49.3 Å². The molecule has 0 aliphatic carbocycles. The highest BCUT2D eigenvalue weighted by Gasteiger charge is 2.20. The Morgan fingerprint density at radius 3 is 2.95 bits per heavy atom. The molecule has 106 valence electrons. The van der Waals surface area contributed by atoms with E-state index in [0.717, 1.165) is 37.2 Å². The average molecular weight is 289 g/mol. The summed E-state index contributed by atoms with van der Waals surface area (Å²) < 4.78 is 0. The van der Waals surface area contributed by atoms with E-state index in [1.807, 2.05) is 18.3 Å². The van der Waals surface area contributed by atoms with Gasteiger partial charge in [0, 0.05) is 35.8 Å². The second kappa shape index (κ2) is 5.50. The van der Waals surface area contributed by atoms with Gasteiger partial charge in [0.05, 0.1) is 11.3 Å². The van der Waals surface area contributed by atoms with Crippen LogP contribution in [0.4, 0.5) is 0 Å². The van der Waals surface area contributed by atoms with Gasteiger partial charge < -0.3 is 4.98 Å². The first-order valence-corrected chi connectivity index (χ1v) is 7.86. The van der Waals surface area contributed by atoms with Gasteiger partial charge in [-0.25, -0.2) is 4.98 Å². The lowest BCUT2D eigenvalue weighted by Gasteiger charge is -2.27. The number of aryl methyl sites for hydroxylation is 2. The fraction of sp³-hybridized carbons (Fsp3) is 0.467. The molecule has 0 atom stereocenters. The summed E-state index contributed by atoms with van der Waals surface area (Å²) in [6.45, 7) is 6.63. The molecular formula is C15H19N3OS. The quantitative estimate of drug-likeness (QED) is 0.943. The minimum absolute atomic E-state index is 0.0256. The average Bonchev–Trinajstić information content (AvgIpc) is 2.87. The Balaban J connectivity index is 1.77. The largest absolute Gasteiger partial charge is 0.310 e. The van der Waals surface area contributed by atoms with Crippen molar-refractivity contribution in [2.24, 2.45) is 0 Å². The predicted octanol–water partition coefficient (Wildman–Crippen LogP) is 2.26. The smallest absolute Gasteiger partial charge is 0.255 e.